The molecule has 1 heterocycles. The van der Waals surface area contributed by atoms with Crippen molar-refractivity contribution in [1.29, 1.82) is 0 Å². The van der Waals surface area contributed by atoms with Gasteiger partial charge in [-0.1, -0.05) is 43.0 Å². The summed E-state index contributed by atoms with van der Waals surface area (Å²) in [5, 5.41) is 1.24. The molecule has 0 unspecified atom stereocenters. The van der Waals surface area contributed by atoms with E-state index in [-0.39, 0.29) is 0 Å². The molecule has 1 heteroatoms. The van der Waals surface area contributed by atoms with Crippen LogP contribution in [0.1, 0.15) is 12.0 Å². The Labute approximate surface area is 96.1 Å². The Kier molecular flexibility index (Phi) is 3.16. The van der Waals surface area contributed by atoms with E-state index in [0.29, 0.717) is 0 Å². The predicted octanol–water partition coefficient (Wildman–Crippen LogP) is 3.91. The van der Waals surface area contributed by atoms with Gasteiger partial charge >= 0.3 is 0 Å². The lowest BCUT2D eigenvalue weighted by Gasteiger charge is -2.05. The van der Waals surface area contributed by atoms with Crippen LogP contribution < -0.4 is 0 Å². The second-order valence-electron chi connectivity index (χ2n) is 3.85. The number of rotatable bonds is 4. The van der Waals surface area contributed by atoms with Gasteiger partial charge in [0.2, 0.25) is 0 Å². The summed E-state index contributed by atoms with van der Waals surface area (Å²) in [6.07, 6.45) is 5.64. The van der Waals surface area contributed by atoms with Gasteiger partial charge in [0, 0.05) is 11.6 Å². The van der Waals surface area contributed by atoms with Crippen molar-refractivity contribution in [2.75, 3.05) is 0 Å². The van der Waals surface area contributed by atoms with Crippen molar-refractivity contribution in [1.82, 2.24) is 4.98 Å². The zero-order valence-corrected chi connectivity index (χ0v) is 9.32. The zero-order valence-electron chi connectivity index (χ0n) is 9.32. The lowest BCUT2D eigenvalue weighted by molar-refractivity contribution is 0.976. The second-order valence-corrected chi connectivity index (χ2v) is 3.85. The van der Waals surface area contributed by atoms with Gasteiger partial charge in [0.25, 0.3) is 0 Å². The van der Waals surface area contributed by atoms with Gasteiger partial charge in [0.15, 0.2) is 0 Å². The lowest BCUT2D eigenvalue weighted by atomic mass is 10.0. The van der Waals surface area contributed by atoms with E-state index in [1.807, 2.05) is 24.4 Å². The van der Waals surface area contributed by atoms with E-state index in [4.69, 9.17) is 0 Å². The van der Waals surface area contributed by atoms with Gasteiger partial charge < -0.3 is 0 Å². The van der Waals surface area contributed by atoms with E-state index in [1.165, 1.54) is 10.9 Å². The van der Waals surface area contributed by atoms with Crippen LogP contribution in [0.15, 0.2) is 61.3 Å². The molecule has 2 aromatic rings. The molecule has 1 aromatic carbocycles. The average Bonchev–Trinajstić information content (AvgIpc) is 2.35. The van der Waals surface area contributed by atoms with E-state index in [2.05, 4.69) is 36.3 Å². The highest BCUT2D eigenvalue weighted by Crippen LogP contribution is 2.18. The molecule has 0 fully saturated rings. The molecule has 0 radical (unpaired) electrons. The zero-order chi connectivity index (χ0) is 11.4. The van der Waals surface area contributed by atoms with Crippen LogP contribution in [0.2, 0.25) is 0 Å². The number of hydrogen-bond donors (Lipinski definition) is 0. The first-order valence-electron chi connectivity index (χ1n) is 5.44. The van der Waals surface area contributed by atoms with E-state index in [0.717, 1.165) is 23.9 Å². The maximum absolute atomic E-state index is 4.35. The third kappa shape index (κ3) is 2.19. The average molecular weight is 209 g/mol. The van der Waals surface area contributed by atoms with Crippen molar-refractivity contribution in [2.45, 2.75) is 12.8 Å². The van der Waals surface area contributed by atoms with Crippen LogP contribution in [0.25, 0.3) is 10.9 Å². The molecule has 0 aliphatic carbocycles. The van der Waals surface area contributed by atoms with E-state index >= 15 is 0 Å². The van der Waals surface area contributed by atoms with E-state index in [1.54, 1.807) is 0 Å². The van der Waals surface area contributed by atoms with Crippen LogP contribution in [0, 0.1) is 0 Å². The molecule has 16 heavy (non-hydrogen) atoms. The highest BCUT2D eigenvalue weighted by molar-refractivity contribution is 5.81. The number of para-hydroxylation sites is 1. The quantitative estimate of drug-likeness (QED) is 0.696. The van der Waals surface area contributed by atoms with Crippen LogP contribution in [0.4, 0.5) is 0 Å². The Morgan fingerprint density at radius 1 is 1.25 bits per heavy atom. The molecular formula is C15H15N. The third-order valence-electron chi connectivity index (χ3n) is 2.74. The van der Waals surface area contributed by atoms with Gasteiger partial charge in [-0.25, -0.2) is 0 Å². The van der Waals surface area contributed by atoms with Gasteiger partial charge in [-0.15, -0.1) is 0 Å². The Morgan fingerprint density at radius 3 is 2.88 bits per heavy atom. The summed E-state index contributed by atoms with van der Waals surface area (Å²) in [6, 6.07) is 10.3. The molecule has 0 saturated heterocycles. The van der Waals surface area contributed by atoms with Gasteiger partial charge in [0.05, 0.1) is 5.52 Å². The largest absolute Gasteiger partial charge is 0.256 e. The first kappa shape index (κ1) is 10.6. The normalized spacial score (nSPS) is 10.2. The summed E-state index contributed by atoms with van der Waals surface area (Å²) in [7, 11) is 0. The van der Waals surface area contributed by atoms with Gasteiger partial charge in [-0.3, -0.25) is 4.98 Å². The first-order chi connectivity index (χ1) is 7.81. The molecular weight excluding hydrogens is 194 g/mol. The lowest BCUT2D eigenvalue weighted by Crippen LogP contribution is -1.90. The fourth-order valence-corrected chi connectivity index (χ4v) is 1.77. The van der Waals surface area contributed by atoms with Crippen LogP contribution in [-0.2, 0) is 6.42 Å². The molecule has 0 bridgehead atoms. The third-order valence-corrected chi connectivity index (χ3v) is 2.74. The molecule has 0 N–H and O–H groups in total. The van der Waals surface area contributed by atoms with Crippen LogP contribution in [0.5, 0.6) is 0 Å². The highest BCUT2D eigenvalue weighted by atomic mass is 14.6. The number of aryl methyl sites for hydroxylation is 1. The molecule has 0 saturated carbocycles. The predicted molar refractivity (Wildman–Crippen MR) is 69.4 cm³/mol. The number of pyridine rings is 1. The minimum Gasteiger partial charge on any atom is -0.256 e. The topological polar surface area (TPSA) is 12.9 Å². The van der Waals surface area contributed by atoms with Gasteiger partial charge in [0.1, 0.15) is 0 Å². The fraction of sp³-hybridized carbons (Fsp3) is 0.133. The number of aromatic nitrogens is 1. The second kappa shape index (κ2) is 4.75. The molecule has 0 amide bonds. The maximum atomic E-state index is 4.35. The summed E-state index contributed by atoms with van der Waals surface area (Å²) >= 11 is 0. The molecule has 80 valence electrons. The standard InChI is InChI=1S/C15H15N/c1-3-12(2)8-9-13-10-11-16-15-7-5-4-6-14(13)15/h3-7,10-11H,1-2,8-9H2. The minimum absolute atomic E-state index is 0.956. The van der Waals surface area contributed by atoms with Crippen molar-refractivity contribution in [2.24, 2.45) is 0 Å². The summed E-state index contributed by atoms with van der Waals surface area (Å²) < 4.78 is 0. The summed E-state index contributed by atoms with van der Waals surface area (Å²) in [5.74, 6) is 0. The molecule has 2 rings (SSSR count). The molecule has 0 atom stereocenters. The Balaban J connectivity index is 2.30. The summed E-state index contributed by atoms with van der Waals surface area (Å²) in [5.41, 5.74) is 3.47. The van der Waals surface area contributed by atoms with Crippen molar-refractivity contribution in [3.63, 3.8) is 0 Å². The van der Waals surface area contributed by atoms with E-state index in [9.17, 15) is 0 Å². The van der Waals surface area contributed by atoms with Crippen molar-refractivity contribution in [3.05, 3.63) is 66.9 Å². The smallest absolute Gasteiger partial charge is 0.0704 e. The fourth-order valence-electron chi connectivity index (χ4n) is 1.77. The van der Waals surface area contributed by atoms with Crippen LogP contribution in [-0.4, -0.2) is 4.98 Å². The molecule has 0 spiro atoms. The summed E-state index contributed by atoms with van der Waals surface area (Å²) in [6.45, 7) is 7.66. The number of allylic oxidation sites excluding steroid dienone is 2. The number of nitrogens with zero attached hydrogens (tertiary/aromatic N) is 1. The SMILES string of the molecule is C=CC(=C)CCc1ccnc2ccccc12. The Hall–Kier alpha value is -1.89. The molecule has 0 aliphatic heterocycles. The number of benzene rings is 1. The highest BCUT2D eigenvalue weighted by Gasteiger charge is 2.01. The van der Waals surface area contributed by atoms with Crippen molar-refractivity contribution >= 4 is 10.9 Å². The Morgan fingerprint density at radius 2 is 2.06 bits per heavy atom. The van der Waals surface area contributed by atoms with Crippen molar-refractivity contribution in [3.8, 4) is 0 Å². The number of fused-ring (bicyclic) bond motifs is 1. The minimum atomic E-state index is 0.956. The van der Waals surface area contributed by atoms with Gasteiger partial charge in [-0.2, -0.15) is 0 Å². The summed E-state index contributed by atoms with van der Waals surface area (Å²) in [4.78, 5) is 4.35. The Bertz CT molecular complexity index is 520. The van der Waals surface area contributed by atoms with Crippen LogP contribution in [0.3, 0.4) is 0 Å². The molecule has 1 nitrogen and oxygen atoms in total. The molecule has 0 aliphatic rings. The van der Waals surface area contributed by atoms with Gasteiger partial charge in [-0.05, 0) is 30.5 Å². The molecule has 1 aromatic heterocycles. The first-order valence-corrected chi connectivity index (χ1v) is 5.44. The number of hydrogen-bond acceptors (Lipinski definition) is 1. The van der Waals surface area contributed by atoms with E-state index < -0.39 is 0 Å². The van der Waals surface area contributed by atoms with Crippen LogP contribution >= 0.6 is 0 Å². The maximum Gasteiger partial charge on any atom is 0.0704 e. The monoisotopic (exact) mass is 209 g/mol. The van der Waals surface area contributed by atoms with Crippen molar-refractivity contribution < 1.29 is 0 Å².